The summed E-state index contributed by atoms with van der Waals surface area (Å²) in [5.41, 5.74) is 1.82. The standard InChI is InChI=1S/C19H27NO2.C9H12O2/c1-6-18(3,4)13-19(5,7-2)20-15-11-9-8-10-14(15)12-16(20)17(21)22;1-4-6-7-8(5-2)9(10)11-3/h8-12H,6-7,13H2,1-5H3,(H,21,22);4-7H,2H2,1,3H3/b;6-4-,8-7+. The van der Waals surface area contributed by atoms with Gasteiger partial charge >= 0.3 is 11.9 Å². The molecule has 0 radical (unpaired) electrons. The number of nitrogens with zero attached hydrogens (tertiary/aromatic N) is 1. The maximum Gasteiger partial charge on any atom is 0.352 e. The van der Waals surface area contributed by atoms with Crippen molar-refractivity contribution < 1.29 is 19.4 Å². The van der Waals surface area contributed by atoms with Gasteiger partial charge in [0.2, 0.25) is 0 Å². The fourth-order valence-corrected chi connectivity index (χ4v) is 3.95. The Hall–Kier alpha value is -3.08. The molecule has 0 fully saturated rings. The zero-order chi connectivity index (χ0) is 25.2. The molecule has 0 saturated heterocycles. The van der Waals surface area contributed by atoms with Crippen molar-refractivity contribution in [1.29, 1.82) is 0 Å². The van der Waals surface area contributed by atoms with Gasteiger partial charge < -0.3 is 14.4 Å². The van der Waals surface area contributed by atoms with E-state index >= 15 is 0 Å². The fraction of sp³-hybridized carbons (Fsp3) is 0.429. The Labute approximate surface area is 198 Å². The second-order valence-electron chi connectivity index (χ2n) is 9.12. The minimum atomic E-state index is -0.856. The molecule has 1 unspecified atom stereocenters. The number of rotatable bonds is 9. The largest absolute Gasteiger partial charge is 0.477 e. The lowest BCUT2D eigenvalue weighted by Crippen LogP contribution is -2.36. The number of carbonyl (C=O) groups is 2. The van der Waals surface area contributed by atoms with Crippen LogP contribution < -0.4 is 0 Å². The highest BCUT2D eigenvalue weighted by molar-refractivity contribution is 5.95. The number of hydrogen-bond donors (Lipinski definition) is 1. The molecule has 33 heavy (non-hydrogen) atoms. The van der Waals surface area contributed by atoms with Gasteiger partial charge in [0, 0.05) is 16.4 Å². The molecule has 0 aliphatic carbocycles. The molecule has 1 aromatic heterocycles. The van der Waals surface area contributed by atoms with Crippen LogP contribution in [-0.4, -0.2) is 28.7 Å². The van der Waals surface area contributed by atoms with Crippen LogP contribution in [0.2, 0.25) is 0 Å². The lowest BCUT2D eigenvalue weighted by molar-refractivity contribution is -0.135. The third kappa shape index (κ3) is 7.21. The number of methoxy groups -OCH3 is 1. The van der Waals surface area contributed by atoms with Crippen molar-refractivity contribution in [1.82, 2.24) is 4.57 Å². The van der Waals surface area contributed by atoms with Crippen molar-refractivity contribution in [2.75, 3.05) is 7.11 Å². The maximum atomic E-state index is 11.8. The first-order valence-corrected chi connectivity index (χ1v) is 11.4. The third-order valence-electron chi connectivity index (χ3n) is 6.16. The highest BCUT2D eigenvalue weighted by Crippen LogP contribution is 2.40. The van der Waals surface area contributed by atoms with Crippen LogP contribution in [0.3, 0.4) is 0 Å². The summed E-state index contributed by atoms with van der Waals surface area (Å²) in [4.78, 5) is 22.6. The fourth-order valence-electron chi connectivity index (χ4n) is 3.95. The topological polar surface area (TPSA) is 68.5 Å². The van der Waals surface area contributed by atoms with E-state index in [0.29, 0.717) is 11.3 Å². The van der Waals surface area contributed by atoms with E-state index in [-0.39, 0.29) is 16.9 Å². The van der Waals surface area contributed by atoms with Crippen molar-refractivity contribution in [3.05, 3.63) is 72.5 Å². The minimum Gasteiger partial charge on any atom is -0.477 e. The Kier molecular flexibility index (Phi) is 10.4. The van der Waals surface area contributed by atoms with Crippen LogP contribution in [0.5, 0.6) is 0 Å². The zero-order valence-electron chi connectivity index (χ0n) is 21.1. The Balaban J connectivity index is 0.000000420. The van der Waals surface area contributed by atoms with Crippen LogP contribution in [0.15, 0.2) is 66.8 Å². The molecule has 1 N–H and O–H groups in total. The predicted molar refractivity (Wildman–Crippen MR) is 137 cm³/mol. The van der Waals surface area contributed by atoms with Gasteiger partial charge in [0.15, 0.2) is 0 Å². The van der Waals surface area contributed by atoms with E-state index < -0.39 is 5.97 Å². The van der Waals surface area contributed by atoms with Crippen molar-refractivity contribution in [2.24, 2.45) is 5.41 Å². The van der Waals surface area contributed by atoms with Crippen LogP contribution in [0.1, 0.15) is 71.3 Å². The first-order chi connectivity index (χ1) is 15.5. The number of aromatic nitrogens is 1. The number of carboxylic acids is 1. The van der Waals surface area contributed by atoms with Crippen LogP contribution in [-0.2, 0) is 15.1 Å². The van der Waals surface area contributed by atoms with E-state index in [0.717, 1.165) is 30.2 Å². The summed E-state index contributed by atoms with van der Waals surface area (Å²) in [6, 6.07) is 9.74. The summed E-state index contributed by atoms with van der Waals surface area (Å²) in [6.45, 7) is 16.4. The van der Waals surface area contributed by atoms with E-state index in [1.807, 2.05) is 41.8 Å². The molecular weight excluding hydrogens is 414 g/mol. The average molecular weight is 454 g/mol. The number of ether oxygens (including phenoxy) is 1. The number of carbonyl (C=O) groups excluding carboxylic acids is 1. The van der Waals surface area contributed by atoms with Gasteiger partial charge in [0.25, 0.3) is 0 Å². The molecule has 5 nitrogen and oxygen atoms in total. The van der Waals surface area contributed by atoms with Crippen molar-refractivity contribution in [3.63, 3.8) is 0 Å². The molecule has 1 atom stereocenters. The number of aromatic carboxylic acids is 1. The van der Waals surface area contributed by atoms with Gasteiger partial charge in [-0.15, -0.1) is 0 Å². The maximum absolute atomic E-state index is 11.8. The number of para-hydroxylation sites is 1. The predicted octanol–water partition coefficient (Wildman–Crippen LogP) is 7.14. The monoisotopic (exact) mass is 453 g/mol. The number of carboxylic acid groups (broad SMARTS) is 1. The van der Waals surface area contributed by atoms with Gasteiger partial charge in [-0.3, -0.25) is 0 Å². The Morgan fingerprint density at radius 1 is 1.15 bits per heavy atom. The highest BCUT2D eigenvalue weighted by Gasteiger charge is 2.35. The molecular formula is C28H39NO4. The number of hydrogen-bond acceptors (Lipinski definition) is 3. The summed E-state index contributed by atoms with van der Waals surface area (Å²) >= 11 is 0. The molecule has 2 aromatic rings. The van der Waals surface area contributed by atoms with Gasteiger partial charge in [0.1, 0.15) is 5.69 Å². The molecule has 0 saturated carbocycles. The average Bonchev–Trinajstić information content (AvgIpc) is 3.20. The molecule has 0 spiro atoms. The molecule has 1 aromatic carbocycles. The molecule has 0 aliphatic rings. The number of allylic oxidation sites excluding steroid dienone is 3. The molecule has 1 heterocycles. The van der Waals surface area contributed by atoms with Gasteiger partial charge in [-0.05, 0) is 50.3 Å². The highest BCUT2D eigenvalue weighted by atomic mass is 16.5. The summed E-state index contributed by atoms with van der Waals surface area (Å²) in [6.07, 6.45) is 9.62. The van der Waals surface area contributed by atoms with Crippen molar-refractivity contribution in [2.45, 2.75) is 66.3 Å². The zero-order valence-corrected chi connectivity index (χ0v) is 21.1. The molecule has 0 amide bonds. The quantitative estimate of drug-likeness (QED) is 0.249. The van der Waals surface area contributed by atoms with Crippen LogP contribution in [0.25, 0.3) is 10.9 Å². The van der Waals surface area contributed by atoms with E-state index in [2.05, 4.69) is 45.9 Å². The third-order valence-corrected chi connectivity index (χ3v) is 6.16. The first-order valence-electron chi connectivity index (χ1n) is 11.4. The smallest absolute Gasteiger partial charge is 0.352 e. The Bertz CT molecular complexity index is 1030. The van der Waals surface area contributed by atoms with Crippen LogP contribution in [0.4, 0.5) is 0 Å². The minimum absolute atomic E-state index is 0.173. The van der Waals surface area contributed by atoms with E-state index in [9.17, 15) is 14.7 Å². The first kappa shape index (κ1) is 28.0. The Morgan fingerprint density at radius 3 is 2.27 bits per heavy atom. The number of esters is 1. The van der Waals surface area contributed by atoms with Crippen LogP contribution >= 0.6 is 0 Å². The van der Waals surface area contributed by atoms with E-state index in [1.165, 1.54) is 13.2 Å². The number of benzene rings is 1. The second-order valence-corrected chi connectivity index (χ2v) is 9.12. The van der Waals surface area contributed by atoms with Crippen LogP contribution in [0, 0.1) is 5.41 Å². The Morgan fingerprint density at radius 2 is 1.79 bits per heavy atom. The van der Waals surface area contributed by atoms with E-state index in [1.54, 1.807) is 18.2 Å². The molecule has 2 rings (SSSR count). The molecule has 0 bridgehead atoms. The lowest BCUT2D eigenvalue weighted by atomic mass is 9.76. The second kappa shape index (κ2) is 12.2. The molecule has 5 heteroatoms. The normalized spacial score (nSPS) is 13.8. The summed E-state index contributed by atoms with van der Waals surface area (Å²) in [5, 5.41) is 10.7. The van der Waals surface area contributed by atoms with Crippen molar-refractivity contribution >= 4 is 22.8 Å². The van der Waals surface area contributed by atoms with E-state index in [4.69, 9.17) is 0 Å². The summed E-state index contributed by atoms with van der Waals surface area (Å²) in [7, 11) is 1.34. The lowest BCUT2D eigenvalue weighted by Gasteiger charge is -2.39. The van der Waals surface area contributed by atoms with Gasteiger partial charge in [-0.1, -0.05) is 77.1 Å². The molecule has 180 valence electrons. The summed E-state index contributed by atoms with van der Waals surface area (Å²) < 4.78 is 6.53. The molecule has 0 aliphatic heterocycles. The van der Waals surface area contributed by atoms with Gasteiger partial charge in [-0.25, -0.2) is 9.59 Å². The SMILES string of the molecule is C=C/C(=C\C=C/C)C(=O)OC.CCC(C)(C)CC(C)(CC)n1c(C(=O)O)cc2ccccc21. The summed E-state index contributed by atoms with van der Waals surface area (Å²) in [5.74, 6) is -1.22. The van der Waals surface area contributed by atoms with Crippen molar-refractivity contribution in [3.8, 4) is 0 Å². The number of fused-ring (bicyclic) bond motifs is 1. The van der Waals surface area contributed by atoms with Gasteiger partial charge in [0.05, 0.1) is 12.7 Å². The van der Waals surface area contributed by atoms with Gasteiger partial charge in [-0.2, -0.15) is 0 Å².